The van der Waals surface area contributed by atoms with E-state index in [4.69, 9.17) is 9.47 Å². The van der Waals surface area contributed by atoms with E-state index in [1.54, 1.807) is 6.21 Å². The number of para-hydroxylation sites is 1. The molecule has 0 aliphatic carbocycles. The third-order valence-electron chi connectivity index (χ3n) is 4.05. The summed E-state index contributed by atoms with van der Waals surface area (Å²) in [5.41, 5.74) is 5.01. The van der Waals surface area contributed by atoms with Crippen LogP contribution in [0.25, 0.3) is 0 Å². The Morgan fingerprint density at radius 1 is 1.04 bits per heavy atom. The van der Waals surface area contributed by atoms with Gasteiger partial charge in [-0.2, -0.15) is 5.10 Å². The number of anilines is 1. The Hall–Kier alpha value is -2.37. The molecule has 1 heterocycles. The molecule has 1 N–H and O–H groups in total. The first-order valence-electron chi connectivity index (χ1n) is 8.77. The minimum atomic E-state index is 0.736. The van der Waals surface area contributed by atoms with E-state index in [9.17, 15) is 0 Å². The zero-order chi connectivity index (χ0) is 17.2. The monoisotopic (exact) mass is 339 g/mol. The number of nitrogens with zero attached hydrogens (tertiary/aromatic N) is 2. The zero-order valence-electron chi connectivity index (χ0n) is 14.4. The predicted molar refractivity (Wildman–Crippen MR) is 101 cm³/mol. The standard InChI is InChI=1S/C20H25N3O2/c1-2-5-19(6-3-1)22-21-17-18-7-9-20(10-8-18)25-14-4-11-23-12-15-24-16-13-23/h1-3,5-10,17,22H,4,11-16H2. The van der Waals surface area contributed by atoms with Crippen LogP contribution in [0.1, 0.15) is 12.0 Å². The highest BCUT2D eigenvalue weighted by molar-refractivity contribution is 5.80. The lowest BCUT2D eigenvalue weighted by molar-refractivity contribution is 0.0358. The molecule has 0 atom stereocenters. The maximum atomic E-state index is 5.81. The summed E-state index contributed by atoms with van der Waals surface area (Å²) in [7, 11) is 0. The molecular formula is C20H25N3O2. The van der Waals surface area contributed by atoms with Crippen LogP contribution in [0.3, 0.4) is 0 Å². The summed E-state index contributed by atoms with van der Waals surface area (Å²) in [4.78, 5) is 2.42. The molecule has 1 saturated heterocycles. The average Bonchev–Trinajstić information content (AvgIpc) is 2.68. The van der Waals surface area contributed by atoms with Crippen LogP contribution in [0.2, 0.25) is 0 Å². The minimum Gasteiger partial charge on any atom is -0.494 e. The molecule has 0 amide bonds. The molecule has 25 heavy (non-hydrogen) atoms. The van der Waals surface area contributed by atoms with Gasteiger partial charge in [-0.05, 0) is 48.4 Å². The Bertz CT molecular complexity index is 638. The number of hydrazone groups is 1. The Balaban J connectivity index is 1.36. The second-order valence-corrected chi connectivity index (χ2v) is 5.96. The Morgan fingerprint density at radius 2 is 1.80 bits per heavy atom. The van der Waals surface area contributed by atoms with Crippen molar-refractivity contribution in [3.63, 3.8) is 0 Å². The van der Waals surface area contributed by atoms with Gasteiger partial charge in [0.2, 0.25) is 0 Å². The van der Waals surface area contributed by atoms with Gasteiger partial charge in [0.1, 0.15) is 5.75 Å². The molecule has 5 nitrogen and oxygen atoms in total. The molecule has 1 aliphatic heterocycles. The highest BCUT2D eigenvalue weighted by Gasteiger charge is 2.09. The van der Waals surface area contributed by atoms with Gasteiger partial charge < -0.3 is 9.47 Å². The summed E-state index contributed by atoms with van der Waals surface area (Å²) in [5, 5.41) is 4.24. The molecule has 0 unspecified atom stereocenters. The fourth-order valence-electron chi connectivity index (χ4n) is 2.65. The van der Waals surface area contributed by atoms with Crippen molar-refractivity contribution in [2.24, 2.45) is 5.10 Å². The van der Waals surface area contributed by atoms with Crippen LogP contribution in [0, 0.1) is 0 Å². The molecule has 0 saturated carbocycles. The molecule has 0 bridgehead atoms. The number of benzene rings is 2. The van der Waals surface area contributed by atoms with E-state index in [1.807, 2.05) is 54.6 Å². The van der Waals surface area contributed by atoms with E-state index in [2.05, 4.69) is 15.4 Å². The molecule has 1 fully saturated rings. The summed E-state index contributed by atoms with van der Waals surface area (Å²) < 4.78 is 11.2. The van der Waals surface area contributed by atoms with Gasteiger partial charge in [0.15, 0.2) is 0 Å². The minimum absolute atomic E-state index is 0.736. The van der Waals surface area contributed by atoms with Crippen LogP contribution in [0.15, 0.2) is 59.7 Å². The Kier molecular flexibility index (Phi) is 6.85. The van der Waals surface area contributed by atoms with E-state index >= 15 is 0 Å². The van der Waals surface area contributed by atoms with E-state index in [-0.39, 0.29) is 0 Å². The molecule has 3 rings (SSSR count). The third kappa shape index (κ3) is 6.21. The van der Waals surface area contributed by atoms with E-state index in [1.165, 1.54) is 0 Å². The van der Waals surface area contributed by atoms with Gasteiger partial charge in [0.05, 0.1) is 31.7 Å². The summed E-state index contributed by atoms with van der Waals surface area (Å²) >= 11 is 0. The highest BCUT2D eigenvalue weighted by Crippen LogP contribution is 2.12. The molecule has 132 valence electrons. The van der Waals surface area contributed by atoms with Crippen molar-refractivity contribution in [3.05, 3.63) is 60.2 Å². The summed E-state index contributed by atoms with van der Waals surface area (Å²) in [5.74, 6) is 0.898. The maximum Gasteiger partial charge on any atom is 0.119 e. The zero-order valence-corrected chi connectivity index (χ0v) is 14.4. The fraction of sp³-hybridized carbons (Fsp3) is 0.350. The van der Waals surface area contributed by atoms with Crippen LogP contribution >= 0.6 is 0 Å². The Labute approximate surface area is 149 Å². The lowest BCUT2D eigenvalue weighted by atomic mass is 10.2. The predicted octanol–water partition coefficient (Wildman–Crippen LogP) is 3.23. The first-order chi connectivity index (χ1) is 12.4. The molecule has 0 spiro atoms. The third-order valence-corrected chi connectivity index (χ3v) is 4.05. The van der Waals surface area contributed by atoms with Gasteiger partial charge in [0.25, 0.3) is 0 Å². The van der Waals surface area contributed by atoms with E-state index < -0.39 is 0 Å². The highest BCUT2D eigenvalue weighted by atomic mass is 16.5. The van der Waals surface area contributed by atoms with Gasteiger partial charge in [-0.1, -0.05) is 18.2 Å². The number of morpholine rings is 1. The Morgan fingerprint density at radius 3 is 2.56 bits per heavy atom. The molecule has 0 aromatic heterocycles. The topological polar surface area (TPSA) is 46.1 Å². The van der Waals surface area contributed by atoms with Crippen LogP contribution in [-0.2, 0) is 4.74 Å². The number of ether oxygens (including phenoxy) is 2. The van der Waals surface area contributed by atoms with E-state index in [0.29, 0.717) is 0 Å². The average molecular weight is 339 g/mol. The van der Waals surface area contributed by atoms with Crippen molar-refractivity contribution in [3.8, 4) is 5.75 Å². The van der Waals surface area contributed by atoms with Crippen LogP contribution in [-0.4, -0.2) is 50.6 Å². The maximum absolute atomic E-state index is 5.81. The summed E-state index contributed by atoms with van der Waals surface area (Å²) in [6.45, 7) is 5.57. The van der Waals surface area contributed by atoms with Crippen LogP contribution in [0.5, 0.6) is 5.75 Å². The van der Waals surface area contributed by atoms with Gasteiger partial charge in [0, 0.05) is 19.6 Å². The second-order valence-electron chi connectivity index (χ2n) is 5.96. The number of nitrogens with one attached hydrogen (secondary N) is 1. The first-order valence-corrected chi connectivity index (χ1v) is 8.77. The van der Waals surface area contributed by atoms with Crippen molar-refractivity contribution >= 4 is 11.9 Å². The molecule has 2 aromatic carbocycles. The van der Waals surface area contributed by atoms with Crippen LogP contribution < -0.4 is 10.2 Å². The number of hydrogen-bond donors (Lipinski definition) is 1. The molecule has 0 radical (unpaired) electrons. The van der Waals surface area contributed by atoms with Gasteiger partial charge in [-0.15, -0.1) is 0 Å². The van der Waals surface area contributed by atoms with Crippen molar-refractivity contribution in [1.82, 2.24) is 4.90 Å². The lowest BCUT2D eigenvalue weighted by Gasteiger charge is -2.26. The van der Waals surface area contributed by atoms with Gasteiger partial charge in [-0.25, -0.2) is 0 Å². The first kappa shape index (κ1) is 17.5. The van der Waals surface area contributed by atoms with Gasteiger partial charge >= 0.3 is 0 Å². The summed E-state index contributed by atoms with van der Waals surface area (Å²) in [6, 6.07) is 17.9. The fourth-order valence-corrected chi connectivity index (χ4v) is 2.65. The quantitative estimate of drug-likeness (QED) is 0.456. The molecule has 1 aliphatic rings. The SMILES string of the molecule is C(=NNc1ccccc1)c1ccc(OCCCN2CCOCC2)cc1. The number of rotatable bonds is 8. The van der Waals surface area contributed by atoms with E-state index in [0.717, 1.165) is 62.9 Å². The van der Waals surface area contributed by atoms with Crippen molar-refractivity contribution in [2.45, 2.75) is 6.42 Å². The normalized spacial score (nSPS) is 15.4. The molecular weight excluding hydrogens is 314 g/mol. The van der Waals surface area contributed by atoms with Crippen LogP contribution in [0.4, 0.5) is 5.69 Å². The summed E-state index contributed by atoms with van der Waals surface area (Å²) in [6.07, 6.45) is 2.83. The second kappa shape index (κ2) is 9.81. The lowest BCUT2D eigenvalue weighted by Crippen LogP contribution is -2.37. The van der Waals surface area contributed by atoms with Crippen molar-refractivity contribution < 1.29 is 9.47 Å². The molecule has 5 heteroatoms. The van der Waals surface area contributed by atoms with Crippen molar-refractivity contribution in [1.29, 1.82) is 0 Å². The number of hydrogen-bond acceptors (Lipinski definition) is 5. The largest absolute Gasteiger partial charge is 0.494 e. The smallest absolute Gasteiger partial charge is 0.119 e. The van der Waals surface area contributed by atoms with Gasteiger partial charge in [-0.3, -0.25) is 10.3 Å². The van der Waals surface area contributed by atoms with Crippen molar-refractivity contribution in [2.75, 3.05) is 44.9 Å². The molecule has 2 aromatic rings.